The highest BCUT2D eigenvalue weighted by Gasteiger charge is 1.77. The molecule has 0 saturated heterocycles. The monoisotopic (exact) mass is 118 g/mol. The molecule has 1 aliphatic rings. The normalized spacial score (nSPS) is 33.2. The second-order valence-corrected chi connectivity index (χ2v) is 2.04. The minimum Gasteiger partial charge on any atom is -0.0623 e. The van der Waals surface area contributed by atoms with E-state index in [0.717, 1.165) is 0 Å². The molecule has 0 bridgehead atoms. The average molecular weight is 118 g/mol. The number of rotatable bonds is 0. The summed E-state index contributed by atoms with van der Waals surface area (Å²) in [6.07, 6.45) is 14.3. The summed E-state index contributed by atoms with van der Waals surface area (Å²) >= 11 is 0. The fourth-order valence-corrected chi connectivity index (χ4v) is 0.663. The number of hydrogen-bond donors (Lipinski definition) is 0. The Bertz CT molecular complexity index is 190. The molecule has 0 aliphatic heterocycles. The second-order valence-electron chi connectivity index (χ2n) is 2.04. The Kier molecular flexibility index (Phi) is 2.08. The van der Waals surface area contributed by atoms with Gasteiger partial charge in [-0.05, 0) is 6.92 Å². The van der Waals surface area contributed by atoms with Gasteiger partial charge in [-0.1, -0.05) is 48.1 Å². The fourth-order valence-electron chi connectivity index (χ4n) is 0.663. The summed E-state index contributed by atoms with van der Waals surface area (Å²) in [6.45, 7) is 2.08. The van der Waals surface area contributed by atoms with E-state index < -0.39 is 0 Å². The Morgan fingerprint density at radius 2 is 1.56 bits per heavy atom. The predicted molar refractivity (Wildman–Crippen MR) is 41.2 cm³/mol. The molecule has 0 heterocycles. The zero-order valence-corrected chi connectivity index (χ0v) is 5.54. The van der Waals surface area contributed by atoms with Crippen LogP contribution in [0.4, 0.5) is 0 Å². The van der Waals surface area contributed by atoms with Crippen molar-refractivity contribution in [1.82, 2.24) is 0 Å². The lowest BCUT2D eigenvalue weighted by Crippen LogP contribution is -1.66. The van der Waals surface area contributed by atoms with E-state index in [1.54, 1.807) is 0 Å². The summed E-state index contributed by atoms with van der Waals surface area (Å²) in [6, 6.07) is 0. The summed E-state index contributed by atoms with van der Waals surface area (Å²) in [4.78, 5) is 0. The van der Waals surface area contributed by atoms with Gasteiger partial charge in [-0.25, -0.2) is 0 Å². The van der Waals surface area contributed by atoms with Crippen molar-refractivity contribution in [3.05, 3.63) is 48.1 Å². The molecular weight excluding hydrogens is 108 g/mol. The van der Waals surface area contributed by atoms with Crippen LogP contribution < -0.4 is 0 Å². The van der Waals surface area contributed by atoms with E-state index in [-0.39, 0.29) is 0 Å². The second kappa shape index (κ2) is 3.08. The fraction of sp³-hybridized carbons (Fsp3) is 0.111. The first kappa shape index (κ1) is 6.09. The lowest BCUT2D eigenvalue weighted by atomic mass is 10.2. The maximum atomic E-state index is 2.08. The van der Waals surface area contributed by atoms with Crippen molar-refractivity contribution in [2.45, 2.75) is 6.92 Å². The van der Waals surface area contributed by atoms with E-state index in [1.165, 1.54) is 5.57 Å². The zero-order chi connectivity index (χ0) is 6.53. The van der Waals surface area contributed by atoms with Gasteiger partial charge in [-0.2, -0.15) is 0 Å². The van der Waals surface area contributed by atoms with Gasteiger partial charge in [0.15, 0.2) is 0 Å². The summed E-state index contributed by atoms with van der Waals surface area (Å²) < 4.78 is 0. The van der Waals surface area contributed by atoms with Crippen molar-refractivity contribution in [3.63, 3.8) is 0 Å². The van der Waals surface area contributed by atoms with Crippen LogP contribution in [0.1, 0.15) is 6.92 Å². The van der Waals surface area contributed by atoms with Gasteiger partial charge in [-0.15, -0.1) is 0 Å². The zero-order valence-electron chi connectivity index (χ0n) is 5.54. The molecule has 0 nitrogen and oxygen atoms in total. The highest BCUT2D eigenvalue weighted by molar-refractivity contribution is 5.29. The molecule has 0 heteroatoms. The molecule has 0 N–H and O–H groups in total. The first-order valence-electron chi connectivity index (χ1n) is 3.08. The van der Waals surface area contributed by atoms with Crippen LogP contribution in [0.3, 0.4) is 0 Å². The van der Waals surface area contributed by atoms with Crippen LogP contribution in [-0.4, -0.2) is 0 Å². The molecule has 46 valence electrons. The highest BCUT2D eigenvalue weighted by atomic mass is 13.8. The molecule has 0 aromatic carbocycles. The Labute approximate surface area is 55.9 Å². The quantitative estimate of drug-likeness (QED) is 0.458. The van der Waals surface area contributed by atoms with Crippen LogP contribution in [-0.2, 0) is 0 Å². The van der Waals surface area contributed by atoms with Crippen LogP contribution in [0.5, 0.6) is 0 Å². The van der Waals surface area contributed by atoms with Gasteiger partial charge in [0, 0.05) is 0 Å². The van der Waals surface area contributed by atoms with E-state index >= 15 is 0 Å². The Morgan fingerprint density at radius 1 is 0.889 bits per heavy atom. The number of allylic oxidation sites excluding steroid dienone is 8. The molecule has 1 aliphatic carbocycles. The number of hydrogen-bond acceptors (Lipinski definition) is 0. The van der Waals surface area contributed by atoms with Crippen molar-refractivity contribution in [2.75, 3.05) is 0 Å². The lowest BCUT2D eigenvalue weighted by Gasteiger charge is -1.87. The first-order chi connectivity index (χ1) is 4.39. The van der Waals surface area contributed by atoms with Gasteiger partial charge in [0.2, 0.25) is 0 Å². The first-order valence-corrected chi connectivity index (χ1v) is 3.08. The van der Waals surface area contributed by atoms with Crippen molar-refractivity contribution in [1.29, 1.82) is 0 Å². The Balaban J connectivity index is 2.77. The summed E-state index contributed by atoms with van der Waals surface area (Å²) in [5.41, 5.74) is 1.29. The molecule has 1 rings (SSSR count). The molecule has 0 radical (unpaired) electrons. The minimum absolute atomic E-state index is 1.29. The average Bonchev–Trinajstić information content (AvgIpc) is 1.79. The van der Waals surface area contributed by atoms with Gasteiger partial charge >= 0.3 is 0 Å². The van der Waals surface area contributed by atoms with Crippen LogP contribution in [0.25, 0.3) is 0 Å². The van der Waals surface area contributed by atoms with Crippen LogP contribution in [0, 0.1) is 0 Å². The Morgan fingerprint density at radius 3 is 2.44 bits per heavy atom. The third-order valence-electron chi connectivity index (χ3n) is 1.16. The van der Waals surface area contributed by atoms with Gasteiger partial charge in [-0.3, -0.25) is 0 Å². The van der Waals surface area contributed by atoms with E-state index in [1.807, 2.05) is 30.4 Å². The summed E-state index contributed by atoms with van der Waals surface area (Å²) in [5.74, 6) is 0. The van der Waals surface area contributed by atoms with E-state index in [9.17, 15) is 0 Å². The highest BCUT2D eigenvalue weighted by Crippen LogP contribution is 1.98. The van der Waals surface area contributed by atoms with Crippen molar-refractivity contribution >= 4 is 0 Å². The van der Waals surface area contributed by atoms with Crippen LogP contribution in [0.15, 0.2) is 48.1 Å². The maximum Gasteiger partial charge on any atom is -0.0398 e. The SMILES string of the molecule is CC1=C/C=C\C=C/C=C\1. The standard InChI is InChI=1S/C9H10/c1-9-7-5-3-2-4-6-8-9/h2-8H,1H3/b3-2-,4-2?,5-3?,6-4-,7-5-,8-6?,9-7?,9-8-. The minimum atomic E-state index is 1.29. The molecule has 0 amide bonds. The predicted octanol–water partition coefficient (Wildman–Crippen LogP) is 2.61. The smallest absolute Gasteiger partial charge is 0.0398 e. The molecule has 0 atom stereocenters. The topological polar surface area (TPSA) is 0 Å². The molecule has 9 heavy (non-hydrogen) atoms. The molecular formula is C9H10. The van der Waals surface area contributed by atoms with E-state index in [0.29, 0.717) is 0 Å². The van der Waals surface area contributed by atoms with Crippen molar-refractivity contribution in [2.24, 2.45) is 0 Å². The third-order valence-corrected chi connectivity index (χ3v) is 1.16. The van der Waals surface area contributed by atoms with Gasteiger partial charge in [0.05, 0.1) is 0 Å². The van der Waals surface area contributed by atoms with Gasteiger partial charge in [0.1, 0.15) is 0 Å². The summed E-state index contributed by atoms with van der Waals surface area (Å²) in [7, 11) is 0. The van der Waals surface area contributed by atoms with Gasteiger partial charge in [0.25, 0.3) is 0 Å². The Hall–Kier alpha value is -1.04. The summed E-state index contributed by atoms with van der Waals surface area (Å²) in [5, 5.41) is 0. The molecule has 0 fully saturated rings. The largest absolute Gasteiger partial charge is 0.0623 e. The lowest BCUT2D eigenvalue weighted by molar-refractivity contribution is 1.51. The van der Waals surface area contributed by atoms with Gasteiger partial charge < -0.3 is 0 Å². The molecule has 0 aromatic heterocycles. The van der Waals surface area contributed by atoms with E-state index in [4.69, 9.17) is 0 Å². The van der Waals surface area contributed by atoms with Crippen LogP contribution >= 0.6 is 0 Å². The van der Waals surface area contributed by atoms with Crippen LogP contribution in [0.2, 0.25) is 0 Å². The molecule has 0 aromatic rings. The van der Waals surface area contributed by atoms with E-state index in [2.05, 4.69) is 19.1 Å². The van der Waals surface area contributed by atoms with Crippen molar-refractivity contribution < 1.29 is 0 Å². The maximum absolute atomic E-state index is 2.08. The molecule has 0 spiro atoms. The third kappa shape index (κ3) is 2.13. The van der Waals surface area contributed by atoms with Crippen molar-refractivity contribution in [3.8, 4) is 0 Å². The molecule has 0 saturated carbocycles. The molecule has 0 unspecified atom stereocenters.